The number of hydrogen-bond donors (Lipinski definition) is 2. The lowest BCUT2D eigenvalue weighted by Crippen LogP contribution is -2.30. The van der Waals surface area contributed by atoms with Gasteiger partial charge in [0.1, 0.15) is 0 Å². The molecule has 1 heterocycles. The van der Waals surface area contributed by atoms with Crippen LogP contribution in [0.15, 0.2) is 12.7 Å². The molecular weight excluding hydrogens is 241 g/mol. The molecule has 1 fully saturated rings. The van der Waals surface area contributed by atoms with Crippen LogP contribution >= 0.6 is 0 Å². The van der Waals surface area contributed by atoms with E-state index in [4.69, 9.17) is 15.6 Å². The van der Waals surface area contributed by atoms with Crippen molar-refractivity contribution in [3.63, 3.8) is 0 Å². The first-order valence-electron chi connectivity index (χ1n) is 4.65. The number of halogens is 3. The highest BCUT2D eigenvalue weighted by Crippen LogP contribution is 2.13. The summed E-state index contributed by atoms with van der Waals surface area (Å²) >= 11 is 0. The molecule has 0 radical (unpaired) electrons. The highest BCUT2D eigenvalue weighted by Gasteiger charge is 2.38. The lowest BCUT2D eigenvalue weighted by atomic mass is 10.3. The lowest BCUT2D eigenvalue weighted by Gasteiger charge is -2.11. The van der Waals surface area contributed by atoms with Crippen LogP contribution in [-0.4, -0.2) is 47.2 Å². The Bertz CT molecular complexity index is 304. The van der Waals surface area contributed by atoms with Crippen LogP contribution in [0.4, 0.5) is 13.2 Å². The number of nitrogens with zero attached hydrogens (tertiary/aromatic N) is 1. The molecule has 0 aliphatic carbocycles. The summed E-state index contributed by atoms with van der Waals surface area (Å²) in [4.78, 5) is 21.5. The fourth-order valence-electron chi connectivity index (χ4n) is 1.12. The molecule has 1 aliphatic rings. The Morgan fingerprint density at radius 1 is 1.47 bits per heavy atom. The van der Waals surface area contributed by atoms with Gasteiger partial charge in [0.2, 0.25) is 5.91 Å². The molecule has 1 amide bonds. The number of nitrogens with two attached hydrogens (primary N) is 1. The molecule has 1 saturated heterocycles. The molecule has 8 heteroatoms. The van der Waals surface area contributed by atoms with E-state index in [0.717, 1.165) is 13.0 Å². The monoisotopic (exact) mass is 254 g/mol. The van der Waals surface area contributed by atoms with E-state index in [1.165, 1.54) is 6.08 Å². The average molecular weight is 254 g/mol. The van der Waals surface area contributed by atoms with Crippen molar-refractivity contribution in [2.75, 3.05) is 13.1 Å². The fraction of sp³-hybridized carbons (Fsp3) is 0.556. The average Bonchev–Trinajstić information content (AvgIpc) is 2.63. The van der Waals surface area contributed by atoms with Crippen LogP contribution in [0.1, 0.15) is 6.42 Å². The molecule has 98 valence electrons. The summed E-state index contributed by atoms with van der Waals surface area (Å²) < 4.78 is 31.7. The smallest absolute Gasteiger partial charge is 0.475 e. The number of carbonyl (C=O) groups is 2. The standard InChI is InChI=1S/C7H12N2O.C2HF3O2/c1-2-7(10)9-4-3-6(8)5-9;3-2(4,5)1(6)7/h2,6H,1,3-5,8H2;(H,6,7). The van der Waals surface area contributed by atoms with Gasteiger partial charge in [-0.05, 0) is 12.5 Å². The number of alkyl halides is 3. The number of aliphatic carboxylic acids is 1. The predicted octanol–water partition coefficient (Wildman–Crippen LogP) is 0.365. The Hall–Kier alpha value is -1.57. The van der Waals surface area contributed by atoms with Gasteiger partial charge in [-0.1, -0.05) is 6.58 Å². The maximum atomic E-state index is 10.9. The minimum absolute atomic E-state index is 0.00653. The summed E-state index contributed by atoms with van der Waals surface area (Å²) in [5, 5.41) is 7.12. The van der Waals surface area contributed by atoms with Gasteiger partial charge in [-0.15, -0.1) is 0 Å². The fourth-order valence-corrected chi connectivity index (χ4v) is 1.12. The summed E-state index contributed by atoms with van der Waals surface area (Å²) in [5.41, 5.74) is 5.59. The summed E-state index contributed by atoms with van der Waals surface area (Å²) in [5.74, 6) is -2.76. The minimum atomic E-state index is -5.08. The molecule has 0 bridgehead atoms. The molecule has 0 aromatic heterocycles. The number of rotatable bonds is 1. The topological polar surface area (TPSA) is 83.6 Å². The molecule has 5 nitrogen and oxygen atoms in total. The second-order valence-corrected chi connectivity index (χ2v) is 3.34. The zero-order chi connectivity index (χ0) is 13.6. The number of carbonyl (C=O) groups excluding carboxylic acids is 1. The molecule has 0 saturated carbocycles. The summed E-state index contributed by atoms with van der Waals surface area (Å²) in [6, 6.07) is 0.170. The Balaban J connectivity index is 0.000000325. The molecule has 0 aromatic carbocycles. The van der Waals surface area contributed by atoms with E-state index in [0.29, 0.717) is 6.54 Å². The molecule has 1 unspecified atom stereocenters. The van der Waals surface area contributed by atoms with E-state index in [-0.39, 0.29) is 11.9 Å². The Labute approximate surface area is 95.7 Å². The zero-order valence-corrected chi connectivity index (χ0v) is 8.91. The van der Waals surface area contributed by atoms with Crippen molar-refractivity contribution in [2.45, 2.75) is 18.6 Å². The summed E-state index contributed by atoms with van der Waals surface area (Å²) in [6.45, 7) is 4.87. The lowest BCUT2D eigenvalue weighted by molar-refractivity contribution is -0.192. The van der Waals surface area contributed by atoms with Gasteiger partial charge >= 0.3 is 12.1 Å². The van der Waals surface area contributed by atoms with Gasteiger partial charge in [0.05, 0.1) is 0 Å². The van der Waals surface area contributed by atoms with Gasteiger partial charge in [-0.2, -0.15) is 13.2 Å². The number of amides is 1. The van der Waals surface area contributed by atoms with Crippen LogP contribution in [0.3, 0.4) is 0 Å². The molecule has 1 atom stereocenters. The van der Waals surface area contributed by atoms with Crippen molar-refractivity contribution < 1.29 is 27.9 Å². The summed E-state index contributed by atoms with van der Waals surface area (Å²) in [6.07, 6.45) is -2.84. The van der Waals surface area contributed by atoms with E-state index in [2.05, 4.69) is 6.58 Å². The van der Waals surface area contributed by atoms with Gasteiger partial charge in [0.25, 0.3) is 0 Å². The number of carboxylic acid groups (broad SMARTS) is 1. The Morgan fingerprint density at radius 3 is 2.18 bits per heavy atom. The van der Waals surface area contributed by atoms with E-state index in [1.54, 1.807) is 4.90 Å². The zero-order valence-electron chi connectivity index (χ0n) is 8.91. The number of hydrogen-bond acceptors (Lipinski definition) is 3. The van der Waals surface area contributed by atoms with Crippen molar-refractivity contribution in [1.29, 1.82) is 0 Å². The number of carboxylic acids is 1. The van der Waals surface area contributed by atoms with E-state index < -0.39 is 12.1 Å². The Kier molecular flexibility index (Phi) is 5.66. The molecule has 1 rings (SSSR count). The molecule has 1 aliphatic heterocycles. The van der Waals surface area contributed by atoms with Gasteiger partial charge in [0.15, 0.2) is 0 Å². The quantitative estimate of drug-likeness (QED) is 0.662. The maximum absolute atomic E-state index is 10.9. The van der Waals surface area contributed by atoms with Gasteiger partial charge < -0.3 is 15.7 Å². The minimum Gasteiger partial charge on any atom is -0.475 e. The first-order chi connectivity index (χ1) is 7.68. The third kappa shape index (κ3) is 5.91. The van der Waals surface area contributed by atoms with Crippen molar-refractivity contribution in [3.05, 3.63) is 12.7 Å². The normalized spacial score (nSPS) is 19.3. The van der Waals surface area contributed by atoms with Gasteiger partial charge in [0, 0.05) is 19.1 Å². The van der Waals surface area contributed by atoms with Crippen LogP contribution in [0.5, 0.6) is 0 Å². The van der Waals surface area contributed by atoms with E-state index >= 15 is 0 Å². The molecule has 0 aromatic rings. The van der Waals surface area contributed by atoms with Crippen molar-refractivity contribution >= 4 is 11.9 Å². The highest BCUT2D eigenvalue weighted by atomic mass is 19.4. The third-order valence-corrected chi connectivity index (χ3v) is 1.95. The highest BCUT2D eigenvalue weighted by molar-refractivity contribution is 5.87. The largest absolute Gasteiger partial charge is 0.490 e. The van der Waals surface area contributed by atoms with Gasteiger partial charge in [-0.3, -0.25) is 4.79 Å². The first-order valence-corrected chi connectivity index (χ1v) is 4.65. The van der Waals surface area contributed by atoms with Crippen LogP contribution in [0, 0.1) is 0 Å². The van der Waals surface area contributed by atoms with Crippen LogP contribution in [0.2, 0.25) is 0 Å². The third-order valence-electron chi connectivity index (χ3n) is 1.95. The van der Waals surface area contributed by atoms with Crippen molar-refractivity contribution in [3.8, 4) is 0 Å². The Morgan fingerprint density at radius 2 is 1.94 bits per heavy atom. The molecule has 17 heavy (non-hydrogen) atoms. The first kappa shape index (κ1) is 15.4. The second kappa shape index (κ2) is 6.24. The van der Waals surface area contributed by atoms with Crippen LogP contribution < -0.4 is 5.73 Å². The van der Waals surface area contributed by atoms with Gasteiger partial charge in [-0.25, -0.2) is 4.79 Å². The SMILES string of the molecule is C=CC(=O)N1CCC(N)C1.O=C(O)C(F)(F)F. The molecule has 0 spiro atoms. The summed E-state index contributed by atoms with van der Waals surface area (Å²) in [7, 11) is 0. The second-order valence-electron chi connectivity index (χ2n) is 3.34. The van der Waals surface area contributed by atoms with Crippen molar-refractivity contribution in [2.24, 2.45) is 5.73 Å². The van der Waals surface area contributed by atoms with Crippen molar-refractivity contribution in [1.82, 2.24) is 4.90 Å². The predicted molar refractivity (Wildman–Crippen MR) is 53.1 cm³/mol. The molecular formula is C9H13F3N2O3. The molecule has 3 N–H and O–H groups in total. The maximum Gasteiger partial charge on any atom is 0.490 e. The van der Waals surface area contributed by atoms with E-state index in [1.807, 2.05) is 0 Å². The van der Waals surface area contributed by atoms with Crippen LogP contribution in [0.25, 0.3) is 0 Å². The van der Waals surface area contributed by atoms with E-state index in [9.17, 15) is 18.0 Å². The van der Waals surface area contributed by atoms with Crippen LogP contribution in [-0.2, 0) is 9.59 Å². The number of likely N-dealkylation sites (tertiary alicyclic amines) is 1.